The Morgan fingerprint density at radius 1 is 1.29 bits per heavy atom. The van der Waals surface area contributed by atoms with Crippen LogP contribution in [0, 0.1) is 13.8 Å². The summed E-state index contributed by atoms with van der Waals surface area (Å²) in [6.45, 7) is 5.85. The normalized spacial score (nSPS) is 13.2. The molecule has 2 unspecified atom stereocenters. The predicted molar refractivity (Wildman–Crippen MR) is 91.1 cm³/mol. The van der Waals surface area contributed by atoms with Crippen LogP contribution in [0.15, 0.2) is 40.8 Å². The number of aliphatic hydroxyl groups excluding tert-OH is 1. The molecule has 24 heavy (non-hydrogen) atoms. The van der Waals surface area contributed by atoms with Crippen molar-refractivity contribution in [2.45, 2.75) is 32.9 Å². The summed E-state index contributed by atoms with van der Waals surface area (Å²) in [6, 6.07) is 10.6. The van der Waals surface area contributed by atoms with Crippen LogP contribution in [0.3, 0.4) is 0 Å². The third-order valence-electron chi connectivity index (χ3n) is 3.47. The lowest BCUT2D eigenvalue weighted by Gasteiger charge is -2.16. The Labute approximate surface area is 141 Å². The molecule has 0 aliphatic heterocycles. The fourth-order valence-electron chi connectivity index (χ4n) is 2.17. The molecule has 130 valence electrons. The molecule has 2 rings (SSSR count). The number of ether oxygens (including phenoxy) is 1. The Bertz CT molecular complexity index is 669. The number of carbonyl (C=O) groups excluding carboxylic acids is 1. The van der Waals surface area contributed by atoms with Gasteiger partial charge in [-0.15, -0.1) is 0 Å². The third kappa shape index (κ3) is 5.62. The summed E-state index contributed by atoms with van der Waals surface area (Å²) in [6.07, 6.45) is -0.794. The SMILES string of the molecule is Cc1cccc(OCC(O)CNC(=O)NC(C)c2ccc(C)o2)c1. The quantitative estimate of drug-likeness (QED) is 0.728. The Morgan fingerprint density at radius 3 is 2.75 bits per heavy atom. The zero-order chi connectivity index (χ0) is 17.5. The van der Waals surface area contributed by atoms with Crippen LogP contribution < -0.4 is 15.4 Å². The summed E-state index contributed by atoms with van der Waals surface area (Å²) < 4.78 is 11.0. The Kier molecular flexibility index (Phi) is 6.26. The number of rotatable bonds is 7. The van der Waals surface area contributed by atoms with Crippen molar-refractivity contribution in [3.05, 3.63) is 53.5 Å². The number of urea groups is 1. The first-order chi connectivity index (χ1) is 11.4. The van der Waals surface area contributed by atoms with Gasteiger partial charge < -0.3 is 24.9 Å². The number of hydrogen-bond acceptors (Lipinski definition) is 4. The molecule has 0 saturated heterocycles. The van der Waals surface area contributed by atoms with Crippen LogP contribution in [-0.2, 0) is 0 Å². The molecule has 1 aromatic heterocycles. The van der Waals surface area contributed by atoms with Crippen LogP contribution in [0.5, 0.6) is 5.75 Å². The van der Waals surface area contributed by atoms with E-state index in [1.807, 2.05) is 57.2 Å². The zero-order valence-electron chi connectivity index (χ0n) is 14.2. The van der Waals surface area contributed by atoms with Gasteiger partial charge in [0, 0.05) is 6.54 Å². The van der Waals surface area contributed by atoms with Crippen LogP contribution in [0.25, 0.3) is 0 Å². The highest BCUT2D eigenvalue weighted by molar-refractivity contribution is 5.74. The fraction of sp³-hybridized carbons (Fsp3) is 0.389. The molecule has 0 fully saturated rings. The van der Waals surface area contributed by atoms with E-state index in [1.54, 1.807) is 0 Å². The molecular weight excluding hydrogens is 308 g/mol. The average molecular weight is 332 g/mol. The van der Waals surface area contributed by atoms with E-state index in [1.165, 1.54) is 0 Å². The van der Waals surface area contributed by atoms with Gasteiger partial charge >= 0.3 is 6.03 Å². The Balaban J connectivity index is 1.69. The number of amides is 2. The van der Waals surface area contributed by atoms with E-state index in [0.717, 1.165) is 11.3 Å². The van der Waals surface area contributed by atoms with Crippen molar-refractivity contribution in [1.82, 2.24) is 10.6 Å². The number of nitrogens with one attached hydrogen (secondary N) is 2. The molecule has 6 nitrogen and oxygen atoms in total. The number of aryl methyl sites for hydroxylation is 2. The van der Waals surface area contributed by atoms with Crippen LogP contribution >= 0.6 is 0 Å². The van der Waals surface area contributed by atoms with E-state index in [-0.39, 0.29) is 25.2 Å². The zero-order valence-corrected chi connectivity index (χ0v) is 14.2. The summed E-state index contributed by atoms with van der Waals surface area (Å²) >= 11 is 0. The third-order valence-corrected chi connectivity index (χ3v) is 3.47. The van der Waals surface area contributed by atoms with Crippen molar-refractivity contribution in [2.24, 2.45) is 0 Å². The maximum Gasteiger partial charge on any atom is 0.315 e. The van der Waals surface area contributed by atoms with Gasteiger partial charge in [-0.1, -0.05) is 12.1 Å². The summed E-state index contributed by atoms with van der Waals surface area (Å²) in [7, 11) is 0. The molecule has 2 aromatic rings. The summed E-state index contributed by atoms with van der Waals surface area (Å²) in [5.74, 6) is 2.18. The van der Waals surface area contributed by atoms with Crippen LogP contribution in [0.2, 0.25) is 0 Å². The summed E-state index contributed by atoms with van der Waals surface area (Å²) in [5, 5.41) is 15.3. The summed E-state index contributed by atoms with van der Waals surface area (Å²) in [4.78, 5) is 11.8. The molecule has 0 radical (unpaired) electrons. The lowest BCUT2D eigenvalue weighted by molar-refractivity contribution is 0.107. The highest BCUT2D eigenvalue weighted by atomic mass is 16.5. The van der Waals surface area contributed by atoms with Crippen molar-refractivity contribution in [2.75, 3.05) is 13.2 Å². The van der Waals surface area contributed by atoms with Crippen LogP contribution in [0.4, 0.5) is 4.79 Å². The van der Waals surface area contributed by atoms with Gasteiger partial charge in [0.25, 0.3) is 0 Å². The number of aliphatic hydroxyl groups is 1. The molecule has 0 spiro atoms. The van der Waals surface area contributed by atoms with Gasteiger partial charge in [-0.2, -0.15) is 0 Å². The van der Waals surface area contributed by atoms with Crippen molar-refractivity contribution in [3.8, 4) is 5.75 Å². The van der Waals surface area contributed by atoms with Gasteiger partial charge in [0.1, 0.15) is 30.0 Å². The van der Waals surface area contributed by atoms with E-state index in [2.05, 4.69) is 10.6 Å². The monoisotopic (exact) mass is 332 g/mol. The van der Waals surface area contributed by atoms with E-state index >= 15 is 0 Å². The maximum absolute atomic E-state index is 11.8. The van der Waals surface area contributed by atoms with E-state index in [4.69, 9.17) is 9.15 Å². The minimum absolute atomic E-state index is 0.0988. The molecule has 0 saturated carbocycles. The fourth-order valence-corrected chi connectivity index (χ4v) is 2.17. The number of hydrogen-bond donors (Lipinski definition) is 3. The predicted octanol–water partition coefficient (Wildman–Crippen LogP) is 2.70. The van der Waals surface area contributed by atoms with Gasteiger partial charge in [-0.3, -0.25) is 0 Å². The van der Waals surface area contributed by atoms with E-state index in [9.17, 15) is 9.90 Å². The van der Waals surface area contributed by atoms with Crippen molar-refractivity contribution < 1.29 is 19.1 Å². The molecule has 6 heteroatoms. The average Bonchev–Trinajstić information content (AvgIpc) is 2.98. The van der Waals surface area contributed by atoms with Gasteiger partial charge in [0.2, 0.25) is 0 Å². The minimum atomic E-state index is -0.794. The second-order valence-corrected chi connectivity index (χ2v) is 5.81. The van der Waals surface area contributed by atoms with Crippen molar-refractivity contribution in [3.63, 3.8) is 0 Å². The maximum atomic E-state index is 11.8. The molecular formula is C18H24N2O4. The highest BCUT2D eigenvalue weighted by Gasteiger charge is 2.13. The first-order valence-corrected chi connectivity index (χ1v) is 7.92. The molecule has 0 bridgehead atoms. The number of carbonyl (C=O) groups is 1. The standard InChI is InChI=1S/C18H24N2O4/c1-12-5-4-6-16(9-12)23-11-15(21)10-19-18(22)20-14(3)17-8-7-13(2)24-17/h4-9,14-15,21H,10-11H2,1-3H3,(H2,19,20,22). The van der Waals surface area contributed by atoms with Crippen LogP contribution in [-0.4, -0.2) is 30.4 Å². The van der Waals surface area contributed by atoms with E-state index < -0.39 is 6.10 Å². The van der Waals surface area contributed by atoms with Crippen molar-refractivity contribution >= 4 is 6.03 Å². The lowest BCUT2D eigenvalue weighted by atomic mass is 10.2. The summed E-state index contributed by atoms with van der Waals surface area (Å²) in [5.41, 5.74) is 1.08. The smallest absolute Gasteiger partial charge is 0.315 e. The lowest BCUT2D eigenvalue weighted by Crippen LogP contribution is -2.42. The molecule has 0 aliphatic rings. The van der Waals surface area contributed by atoms with Gasteiger partial charge in [0.15, 0.2) is 0 Å². The Hall–Kier alpha value is -2.47. The highest BCUT2D eigenvalue weighted by Crippen LogP contribution is 2.15. The van der Waals surface area contributed by atoms with Gasteiger partial charge in [0.05, 0.1) is 6.04 Å². The molecule has 2 amide bonds. The number of furan rings is 1. The first-order valence-electron chi connectivity index (χ1n) is 7.92. The topological polar surface area (TPSA) is 83.7 Å². The molecule has 1 heterocycles. The molecule has 1 aromatic carbocycles. The molecule has 2 atom stereocenters. The van der Waals surface area contributed by atoms with Gasteiger partial charge in [-0.05, 0) is 50.6 Å². The second kappa shape index (κ2) is 8.40. The first kappa shape index (κ1) is 17.9. The largest absolute Gasteiger partial charge is 0.491 e. The van der Waals surface area contributed by atoms with Gasteiger partial charge in [-0.25, -0.2) is 4.79 Å². The van der Waals surface area contributed by atoms with Crippen molar-refractivity contribution in [1.29, 1.82) is 0 Å². The Morgan fingerprint density at radius 2 is 2.08 bits per heavy atom. The number of benzene rings is 1. The second-order valence-electron chi connectivity index (χ2n) is 5.81. The van der Waals surface area contributed by atoms with Crippen LogP contribution in [0.1, 0.15) is 30.0 Å². The molecule has 0 aliphatic carbocycles. The molecule has 3 N–H and O–H groups in total. The minimum Gasteiger partial charge on any atom is -0.491 e. The van der Waals surface area contributed by atoms with E-state index in [0.29, 0.717) is 11.5 Å².